The van der Waals surface area contributed by atoms with Gasteiger partial charge in [-0.15, -0.1) is 0 Å². The van der Waals surface area contributed by atoms with Gasteiger partial charge in [0.15, 0.2) is 0 Å². The maximum absolute atomic E-state index is 12.8. The third-order valence-corrected chi connectivity index (χ3v) is 7.69. The van der Waals surface area contributed by atoms with Crippen LogP contribution in [0.5, 0.6) is 0 Å². The molecule has 3 heterocycles. The molecule has 3 fully saturated rings. The van der Waals surface area contributed by atoms with Gasteiger partial charge in [0.2, 0.25) is 5.91 Å². The molecule has 37 heavy (non-hydrogen) atoms. The van der Waals surface area contributed by atoms with Gasteiger partial charge in [0.1, 0.15) is 5.82 Å². The van der Waals surface area contributed by atoms with Crippen molar-refractivity contribution in [2.24, 2.45) is 23.3 Å². The maximum Gasteiger partial charge on any atom is 0.354 e. The van der Waals surface area contributed by atoms with Gasteiger partial charge >= 0.3 is 11.7 Å². The number of likely N-dealkylation sites (tertiary alicyclic amines) is 1. The number of aromatic nitrogens is 2. The third kappa shape index (κ3) is 5.53. The lowest BCUT2D eigenvalue weighted by molar-refractivity contribution is -0.137. The number of nitrogens with two attached hydrogens (primary N) is 2. The molecule has 0 radical (unpaired) electrons. The van der Waals surface area contributed by atoms with Crippen LogP contribution in [0.2, 0.25) is 0 Å². The largest absolute Gasteiger partial charge is 0.354 e. The molecule has 3 amide bonds. The lowest BCUT2D eigenvalue weighted by Crippen LogP contribution is -2.58. The molecule has 1 aromatic carbocycles. The number of carbonyl (C=O) groups excluding carboxylic acids is 2. The van der Waals surface area contributed by atoms with E-state index in [2.05, 4.69) is 21.3 Å². The van der Waals surface area contributed by atoms with Crippen LogP contribution in [-0.2, 0) is 11.2 Å². The van der Waals surface area contributed by atoms with Crippen molar-refractivity contribution in [1.82, 2.24) is 24.3 Å². The van der Waals surface area contributed by atoms with Crippen LogP contribution in [-0.4, -0.2) is 93.6 Å². The number of piperidine rings is 1. The van der Waals surface area contributed by atoms with Crippen molar-refractivity contribution in [2.45, 2.75) is 31.8 Å². The van der Waals surface area contributed by atoms with Crippen molar-refractivity contribution in [3.05, 3.63) is 52.6 Å². The van der Waals surface area contributed by atoms with Crippen molar-refractivity contribution >= 4 is 17.8 Å². The second kappa shape index (κ2) is 9.88. The van der Waals surface area contributed by atoms with Crippen LogP contribution >= 0.6 is 0 Å². The highest BCUT2D eigenvalue weighted by molar-refractivity contribution is 5.89. The first-order valence-electron chi connectivity index (χ1n) is 12.9. The number of amides is 3. The molecule has 5 N–H and O–H groups in total. The van der Waals surface area contributed by atoms with E-state index < -0.39 is 11.2 Å². The quantitative estimate of drug-likeness (QED) is 0.501. The summed E-state index contributed by atoms with van der Waals surface area (Å²) in [4.78, 5) is 47.6. The predicted molar refractivity (Wildman–Crippen MR) is 140 cm³/mol. The SMILES string of the molecule is CC(C)(N)C(=O)N1CCN(C(=O)Nc2ccn(-c3cccc(CCN4CC5C(N)[C@@H]5C4)c3)c(=O)n2)CC1. The minimum Gasteiger partial charge on any atom is -0.338 e. The van der Waals surface area contributed by atoms with Crippen molar-refractivity contribution in [2.75, 3.05) is 51.1 Å². The van der Waals surface area contributed by atoms with E-state index in [0.717, 1.165) is 37.3 Å². The van der Waals surface area contributed by atoms with E-state index in [1.54, 1.807) is 35.9 Å². The summed E-state index contributed by atoms with van der Waals surface area (Å²) in [5.74, 6) is 1.40. The van der Waals surface area contributed by atoms with Gasteiger partial charge in [-0.3, -0.25) is 14.7 Å². The summed E-state index contributed by atoms with van der Waals surface area (Å²) in [6.45, 7) is 8.07. The van der Waals surface area contributed by atoms with Crippen LogP contribution in [0, 0.1) is 11.8 Å². The molecule has 3 atom stereocenters. The maximum atomic E-state index is 12.8. The molecule has 1 aliphatic carbocycles. The molecule has 1 aromatic heterocycles. The van der Waals surface area contributed by atoms with Crippen LogP contribution in [0.3, 0.4) is 0 Å². The molecular formula is C26H36N8O3. The third-order valence-electron chi connectivity index (χ3n) is 7.69. The zero-order chi connectivity index (χ0) is 26.3. The predicted octanol–water partition coefficient (Wildman–Crippen LogP) is 0.0773. The topological polar surface area (TPSA) is 143 Å². The van der Waals surface area contributed by atoms with Crippen molar-refractivity contribution in [1.29, 1.82) is 0 Å². The summed E-state index contributed by atoms with van der Waals surface area (Å²) in [5.41, 5.74) is 12.4. The molecule has 2 aliphatic heterocycles. The number of fused-ring (bicyclic) bond motifs is 1. The Hall–Kier alpha value is -3.28. The van der Waals surface area contributed by atoms with Gasteiger partial charge in [0, 0.05) is 58.1 Å². The molecule has 2 saturated heterocycles. The van der Waals surface area contributed by atoms with Gasteiger partial charge in [-0.05, 0) is 55.9 Å². The minimum absolute atomic E-state index is 0.140. The number of nitrogens with one attached hydrogen (secondary N) is 1. The first-order valence-corrected chi connectivity index (χ1v) is 12.9. The number of rotatable bonds is 6. The summed E-state index contributed by atoms with van der Waals surface area (Å²) < 4.78 is 1.47. The van der Waals surface area contributed by atoms with Crippen LogP contribution in [0.15, 0.2) is 41.3 Å². The molecule has 0 bridgehead atoms. The molecule has 0 spiro atoms. The fourth-order valence-electron chi connectivity index (χ4n) is 5.37. The van der Waals surface area contributed by atoms with Gasteiger partial charge in [0.05, 0.1) is 11.2 Å². The second-order valence-corrected chi connectivity index (χ2v) is 11.0. The first kappa shape index (κ1) is 25.4. The number of hydrogen-bond acceptors (Lipinski definition) is 7. The summed E-state index contributed by atoms with van der Waals surface area (Å²) in [5, 5.41) is 2.70. The average molecular weight is 509 g/mol. The van der Waals surface area contributed by atoms with Crippen LogP contribution in [0.4, 0.5) is 10.6 Å². The standard InChI is InChI=1S/C26H36N8O3/c1-26(2,28)23(35)32-10-12-33(13-11-32)24(36)29-21-7-9-34(25(37)30-21)18-5-3-4-17(14-18)6-8-31-15-19-20(16-31)22(19)27/h3-5,7,9,14,19-20,22H,6,8,10-13,15-16,27-28H2,1-2H3,(H,29,30,36,37)/t19-,20?,22?/m1/s1. The van der Waals surface area contributed by atoms with E-state index in [9.17, 15) is 14.4 Å². The Labute approximate surface area is 216 Å². The normalized spacial score (nSPS) is 23.6. The minimum atomic E-state index is -0.944. The number of hydrogen-bond donors (Lipinski definition) is 3. The highest BCUT2D eigenvalue weighted by atomic mass is 16.2. The molecule has 1 saturated carbocycles. The van der Waals surface area contributed by atoms with Crippen LogP contribution < -0.4 is 22.5 Å². The lowest BCUT2D eigenvalue weighted by atomic mass is 10.1. The highest BCUT2D eigenvalue weighted by Gasteiger charge is 2.53. The highest BCUT2D eigenvalue weighted by Crippen LogP contribution is 2.43. The Balaban J connectivity index is 1.16. The first-order chi connectivity index (χ1) is 17.6. The smallest absolute Gasteiger partial charge is 0.338 e. The Morgan fingerprint density at radius 1 is 1.08 bits per heavy atom. The fraction of sp³-hybridized carbons (Fsp3) is 0.538. The number of urea groups is 1. The lowest BCUT2D eigenvalue weighted by Gasteiger charge is -2.37. The Morgan fingerprint density at radius 2 is 1.76 bits per heavy atom. The van der Waals surface area contributed by atoms with Gasteiger partial charge in [0.25, 0.3) is 0 Å². The zero-order valence-electron chi connectivity index (χ0n) is 21.5. The van der Waals surface area contributed by atoms with E-state index in [1.807, 2.05) is 18.2 Å². The summed E-state index contributed by atoms with van der Waals surface area (Å²) >= 11 is 0. The molecule has 11 nitrogen and oxygen atoms in total. The molecule has 11 heteroatoms. The Kier molecular flexibility index (Phi) is 6.78. The van der Waals surface area contributed by atoms with E-state index in [-0.39, 0.29) is 17.8 Å². The zero-order valence-corrected chi connectivity index (χ0v) is 21.5. The van der Waals surface area contributed by atoms with Crippen LogP contribution in [0.25, 0.3) is 5.69 Å². The molecular weight excluding hydrogens is 472 g/mol. The van der Waals surface area contributed by atoms with Gasteiger partial charge in [-0.2, -0.15) is 4.98 Å². The van der Waals surface area contributed by atoms with Gasteiger partial charge < -0.3 is 26.2 Å². The van der Waals surface area contributed by atoms with Crippen molar-refractivity contribution in [3.63, 3.8) is 0 Å². The van der Waals surface area contributed by atoms with Crippen molar-refractivity contribution < 1.29 is 9.59 Å². The van der Waals surface area contributed by atoms with E-state index >= 15 is 0 Å². The van der Waals surface area contributed by atoms with E-state index in [0.29, 0.717) is 44.1 Å². The van der Waals surface area contributed by atoms with Crippen molar-refractivity contribution in [3.8, 4) is 5.69 Å². The number of benzene rings is 1. The Bertz CT molecular complexity index is 1220. The molecule has 3 aliphatic rings. The molecule has 5 rings (SSSR count). The monoisotopic (exact) mass is 508 g/mol. The van der Waals surface area contributed by atoms with E-state index in [1.165, 1.54) is 4.57 Å². The molecule has 2 aromatic rings. The summed E-state index contributed by atoms with van der Waals surface area (Å²) in [6, 6.07) is 9.55. The second-order valence-electron chi connectivity index (χ2n) is 11.0. The molecule has 2 unspecified atom stereocenters. The fourth-order valence-corrected chi connectivity index (χ4v) is 5.37. The summed E-state index contributed by atoms with van der Waals surface area (Å²) in [7, 11) is 0. The average Bonchev–Trinajstić information content (AvgIpc) is 3.25. The Morgan fingerprint density at radius 3 is 2.41 bits per heavy atom. The van der Waals surface area contributed by atoms with Gasteiger partial charge in [-0.1, -0.05) is 12.1 Å². The molecule has 198 valence electrons. The number of carbonyl (C=O) groups is 2. The van der Waals surface area contributed by atoms with Gasteiger partial charge in [-0.25, -0.2) is 9.59 Å². The van der Waals surface area contributed by atoms with E-state index in [4.69, 9.17) is 11.5 Å². The number of piperazine rings is 1. The number of nitrogens with zero attached hydrogens (tertiary/aromatic N) is 5. The number of anilines is 1. The van der Waals surface area contributed by atoms with Crippen LogP contribution in [0.1, 0.15) is 19.4 Å². The summed E-state index contributed by atoms with van der Waals surface area (Å²) in [6.07, 6.45) is 2.53.